The second-order valence-corrected chi connectivity index (χ2v) is 4.62. The van der Waals surface area contributed by atoms with Crippen LogP contribution in [0.15, 0.2) is 40.8 Å². The molecular weight excluding hydrogens is 257 g/mol. The summed E-state index contributed by atoms with van der Waals surface area (Å²) in [6, 6.07) is 10.5. The molecule has 0 aliphatic carbocycles. The maximum Gasteiger partial charge on any atom is 0.300 e. The molecule has 2 aromatic carbocycles. The van der Waals surface area contributed by atoms with Gasteiger partial charge in [-0.25, -0.2) is 4.39 Å². The van der Waals surface area contributed by atoms with Crippen LogP contribution in [0, 0.1) is 12.7 Å². The zero-order valence-corrected chi connectivity index (χ0v) is 11.0. The smallest absolute Gasteiger partial charge is 0.300 e. The number of benzene rings is 2. The number of aromatic nitrogens is 1. The van der Waals surface area contributed by atoms with Crippen LogP contribution < -0.4 is 11.1 Å². The van der Waals surface area contributed by atoms with Gasteiger partial charge in [0, 0.05) is 12.2 Å². The average molecular weight is 271 g/mol. The quantitative estimate of drug-likeness (QED) is 0.765. The van der Waals surface area contributed by atoms with Crippen LogP contribution in [0.4, 0.5) is 16.1 Å². The maximum absolute atomic E-state index is 13.3. The van der Waals surface area contributed by atoms with Crippen LogP contribution in [0.5, 0.6) is 0 Å². The van der Waals surface area contributed by atoms with Gasteiger partial charge in [-0.15, -0.1) is 0 Å². The molecule has 1 aromatic heterocycles. The van der Waals surface area contributed by atoms with Crippen molar-refractivity contribution in [3.63, 3.8) is 0 Å². The summed E-state index contributed by atoms with van der Waals surface area (Å²) < 4.78 is 18.9. The standard InChI is InChI=1S/C15H14FN3O/c1-9-2-5-12-14(6-9)20-15(18-12)19-13-7-11(16)4-3-10(13)8-17/h2-7H,8,17H2,1H3,(H,18,19). The van der Waals surface area contributed by atoms with E-state index in [0.717, 1.165) is 16.6 Å². The molecule has 5 heteroatoms. The van der Waals surface area contributed by atoms with Crippen molar-refractivity contribution in [3.8, 4) is 0 Å². The topological polar surface area (TPSA) is 64.1 Å². The largest absolute Gasteiger partial charge is 0.423 e. The fraction of sp³-hybridized carbons (Fsp3) is 0.133. The predicted octanol–water partition coefficient (Wildman–Crippen LogP) is 3.48. The van der Waals surface area contributed by atoms with E-state index in [-0.39, 0.29) is 5.82 Å². The van der Waals surface area contributed by atoms with Crippen LogP contribution in [0.3, 0.4) is 0 Å². The highest BCUT2D eigenvalue weighted by molar-refractivity contribution is 5.76. The lowest BCUT2D eigenvalue weighted by atomic mass is 10.2. The van der Waals surface area contributed by atoms with E-state index in [9.17, 15) is 4.39 Å². The van der Waals surface area contributed by atoms with Crippen molar-refractivity contribution < 1.29 is 8.81 Å². The number of nitrogens with zero attached hydrogens (tertiary/aromatic N) is 1. The van der Waals surface area contributed by atoms with E-state index in [1.807, 2.05) is 25.1 Å². The molecule has 0 aliphatic rings. The highest BCUT2D eigenvalue weighted by atomic mass is 19.1. The summed E-state index contributed by atoms with van der Waals surface area (Å²) in [5.74, 6) is -0.336. The number of oxazole rings is 1. The van der Waals surface area contributed by atoms with Crippen LogP contribution in [-0.2, 0) is 6.54 Å². The summed E-state index contributed by atoms with van der Waals surface area (Å²) >= 11 is 0. The minimum absolute atomic E-state index is 0.307. The number of aryl methyl sites for hydroxylation is 1. The maximum atomic E-state index is 13.3. The first-order valence-electron chi connectivity index (χ1n) is 6.28. The van der Waals surface area contributed by atoms with Crippen LogP contribution in [-0.4, -0.2) is 4.98 Å². The Morgan fingerprint density at radius 3 is 2.90 bits per heavy atom. The summed E-state index contributed by atoms with van der Waals surface area (Å²) in [6.07, 6.45) is 0. The van der Waals surface area contributed by atoms with Crippen LogP contribution in [0.25, 0.3) is 11.1 Å². The third-order valence-electron chi connectivity index (χ3n) is 3.08. The molecule has 3 aromatic rings. The van der Waals surface area contributed by atoms with Gasteiger partial charge in [0.25, 0.3) is 6.01 Å². The van der Waals surface area contributed by atoms with Gasteiger partial charge in [-0.05, 0) is 42.3 Å². The Labute approximate surface area is 115 Å². The van der Waals surface area contributed by atoms with E-state index in [0.29, 0.717) is 23.8 Å². The Kier molecular flexibility index (Phi) is 3.12. The van der Waals surface area contributed by atoms with Crippen molar-refractivity contribution in [2.45, 2.75) is 13.5 Å². The molecule has 4 nitrogen and oxygen atoms in total. The second-order valence-electron chi connectivity index (χ2n) is 4.62. The number of anilines is 2. The molecule has 0 amide bonds. The van der Waals surface area contributed by atoms with Gasteiger partial charge in [-0.3, -0.25) is 0 Å². The van der Waals surface area contributed by atoms with Gasteiger partial charge in [0.05, 0.1) is 0 Å². The number of nitrogens with one attached hydrogen (secondary N) is 1. The zero-order valence-electron chi connectivity index (χ0n) is 11.0. The van der Waals surface area contributed by atoms with Crippen LogP contribution >= 0.6 is 0 Å². The van der Waals surface area contributed by atoms with Crippen molar-refractivity contribution in [1.82, 2.24) is 4.98 Å². The molecule has 0 unspecified atom stereocenters. The highest BCUT2D eigenvalue weighted by Crippen LogP contribution is 2.25. The Balaban J connectivity index is 1.98. The van der Waals surface area contributed by atoms with Gasteiger partial charge in [0.2, 0.25) is 0 Å². The third-order valence-corrected chi connectivity index (χ3v) is 3.08. The highest BCUT2D eigenvalue weighted by Gasteiger charge is 2.09. The van der Waals surface area contributed by atoms with Crippen LogP contribution in [0.1, 0.15) is 11.1 Å². The summed E-state index contributed by atoms with van der Waals surface area (Å²) in [7, 11) is 0. The van der Waals surface area contributed by atoms with Gasteiger partial charge in [-0.2, -0.15) is 4.98 Å². The minimum atomic E-state index is -0.336. The number of hydrogen-bond donors (Lipinski definition) is 2. The van der Waals surface area contributed by atoms with E-state index in [4.69, 9.17) is 10.2 Å². The molecule has 0 saturated carbocycles. The van der Waals surface area contributed by atoms with E-state index < -0.39 is 0 Å². The molecule has 0 radical (unpaired) electrons. The number of hydrogen-bond acceptors (Lipinski definition) is 4. The first-order chi connectivity index (χ1) is 9.65. The molecule has 0 atom stereocenters. The second kappa shape index (κ2) is 4.94. The number of fused-ring (bicyclic) bond motifs is 1. The van der Waals surface area contributed by atoms with Gasteiger partial charge in [0.1, 0.15) is 11.3 Å². The molecule has 3 rings (SSSR count). The van der Waals surface area contributed by atoms with Crippen LogP contribution in [0.2, 0.25) is 0 Å². The van der Waals surface area contributed by atoms with Crippen molar-refractivity contribution in [3.05, 3.63) is 53.3 Å². The van der Waals surface area contributed by atoms with E-state index in [2.05, 4.69) is 10.3 Å². The Morgan fingerprint density at radius 1 is 1.25 bits per heavy atom. The number of halogens is 1. The van der Waals surface area contributed by atoms with E-state index in [1.165, 1.54) is 12.1 Å². The molecule has 0 aliphatic heterocycles. The molecule has 1 heterocycles. The minimum Gasteiger partial charge on any atom is -0.423 e. The molecule has 3 N–H and O–H groups in total. The Hall–Kier alpha value is -2.40. The summed E-state index contributed by atoms with van der Waals surface area (Å²) in [6.45, 7) is 2.29. The van der Waals surface area contributed by atoms with Gasteiger partial charge < -0.3 is 15.5 Å². The molecule has 0 fully saturated rings. The first-order valence-corrected chi connectivity index (χ1v) is 6.28. The molecule has 0 bridgehead atoms. The Bertz CT molecular complexity index is 767. The lowest BCUT2D eigenvalue weighted by Gasteiger charge is -2.07. The van der Waals surface area contributed by atoms with Crippen molar-refractivity contribution in [1.29, 1.82) is 0 Å². The molecule has 20 heavy (non-hydrogen) atoms. The Morgan fingerprint density at radius 2 is 2.10 bits per heavy atom. The summed E-state index contributed by atoms with van der Waals surface area (Å²) in [4.78, 5) is 4.31. The van der Waals surface area contributed by atoms with Crippen molar-refractivity contribution in [2.24, 2.45) is 5.73 Å². The first kappa shape index (κ1) is 12.6. The summed E-state index contributed by atoms with van der Waals surface area (Å²) in [5.41, 5.74) is 9.54. The van der Waals surface area contributed by atoms with E-state index >= 15 is 0 Å². The number of nitrogens with two attached hydrogens (primary N) is 1. The fourth-order valence-corrected chi connectivity index (χ4v) is 2.04. The van der Waals surface area contributed by atoms with Gasteiger partial charge in [-0.1, -0.05) is 12.1 Å². The van der Waals surface area contributed by atoms with Crippen molar-refractivity contribution in [2.75, 3.05) is 5.32 Å². The third kappa shape index (κ3) is 2.35. The van der Waals surface area contributed by atoms with Crippen molar-refractivity contribution >= 4 is 22.8 Å². The zero-order chi connectivity index (χ0) is 14.1. The SMILES string of the molecule is Cc1ccc2nc(Nc3cc(F)ccc3CN)oc2c1. The summed E-state index contributed by atoms with van der Waals surface area (Å²) in [5, 5.41) is 2.98. The van der Waals surface area contributed by atoms with Gasteiger partial charge in [0.15, 0.2) is 5.58 Å². The molecule has 0 saturated heterocycles. The normalized spacial score (nSPS) is 10.9. The fourth-order valence-electron chi connectivity index (χ4n) is 2.04. The predicted molar refractivity (Wildman–Crippen MR) is 76.3 cm³/mol. The molecule has 102 valence electrons. The lowest BCUT2D eigenvalue weighted by molar-refractivity contribution is 0.619. The molecule has 0 spiro atoms. The molecular formula is C15H14FN3O. The number of rotatable bonds is 3. The van der Waals surface area contributed by atoms with Gasteiger partial charge >= 0.3 is 0 Å². The van der Waals surface area contributed by atoms with E-state index in [1.54, 1.807) is 6.07 Å². The monoisotopic (exact) mass is 271 g/mol. The lowest BCUT2D eigenvalue weighted by Crippen LogP contribution is -2.02. The average Bonchev–Trinajstić information content (AvgIpc) is 2.80.